The maximum atomic E-state index is 13.2. The molecule has 0 saturated carbocycles. The summed E-state index contributed by atoms with van der Waals surface area (Å²) in [6.45, 7) is 2.99. The van der Waals surface area contributed by atoms with Crippen LogP contribution in [0.5, 0.6) is 0 Å². The van der Waals surface area contributed by atoms with Crippen molar-refractivity contribution in [3.8, 4) is 11.3 Å². The van der Waals surface area contributed by atoms with Crippen LogP contribution in [-0.4, -0.2) is 54.3 Å². The lowest BCUT2D eigenvalue weighted by Gasteiger charge is -2.27. The molecule has 4 rings (SSSR count). The summed E-state index contributed by atoms with van der Waals surface area (Å²) in [7, 11) is 1.44. The summed E-state index contributed by atoms with van der Waals surface area (Å²) in [5, 5.41) is 15.2. The van der Waals surface area contributed by atoms with E-state index >= 15 is 0 Å². The molecule has 3 N–H and O–H groups in total. The minimum atomic E-state index is -4.79. The van der Waals surface area contributed by atoms with E-state index in [-0.39, 0.29) is 34.5 Å². The predicted octanol–water partition coefficient (Wildman–Crippen LogP) is 5.49. The molecule has 0 unspecified atom stereocenters. The summed E-state index contributed by atoms with van der Waals surface area (Å²) in [6.07, 6.45) is -8.31. The minimum Gasteiger partial charge on any atom is -0.478 e. The zero-order valence-corrected chi connectivity index (χ0v) is 21.6. The number of carbonyl (C=O) groups is 1. The number of alkyl halides is 6. The van der Waals surface area contributed by atoms with E-state index in [1.165, 1.54) is 25.4 Å². The molecule has 0 bridgehead atoms. The Morgan fingerprint density at radius 3 is 2.15 bits per heavy atom. The van der Waals surface area contributed by atoms with Crippen LogP contribution < -0.4 is 15.5 Å². The molecule has 0 aliphatic carbocycles. The molecule has 1 saturated heterocycles. The molecule has 2 heterocycles. The van der Waals surface area contributed by atoms with Crippen molar-refractivity contribution < 1.29 is 40.6 Å². The van der Waals surface area contributed by atoms with Gasteiger partial charge in [-0.2, -0.15) is 26.3 Å². The van der Waals surface area contributed by atoms with Gasteiger partial charge in [0.1, 0.15) is 11.4 Å². The van der Waals surface area contributed by atoms with Gasteiger partial charge in [-0.1, -0.05) is 11.6 Å². The Morgan fingerprint density at radius 2 is 1.65 bits per heavy atom. The smallest absolute Gasteiger partial charge is 0.416 e. The number of aromatic nitrogens is 2. The number of nitrogens with one attached hydrogen (secondary N) is 2. The van der Waals surface area contributed by atoms with Gasteiger partial charge < -0.3 is 20.6 Å². The van der Waals surface area contributed by atoms with Crippen molar-refractivity contribution in [2.45, 2.75) is 18.9 Å². The standard InChI is InChI=1S/C15H14ClFN4O2.C10H9F6N/c16-12-7-9(17)1-2-10(12)13-11(14(22)23)8-19-15(20-13)21-5-3-18-4-6-21;1-17-5-6-2-7(9(11,12)13)4-8(3-6)10(14,15)16/h1-2,7-8,18H,3-6H2,(H,22,23);2-4,17H,5H2,1H3. The van der Waals surface area contributed by atoms with Gasteiger partial charge in [0.15, 0.2) is 0 Å². The summed E-state index contributed by atoms with van der Waals surface area (Å²) < 4.78 is 87.6. The molecule has 40 heavy (non-hydrogen) atoms. The van der Waals surface area contributed by atoms with E-state index in [9.17, 15) is 40.6 Å². The summed E-state index contributed by atoms with van der Waals surface area (Å²) >= 11 is 6.06. The zero-order chi connectivity index (χ0) is 29.7. The van der Waals surface area contributed by atoms with Crippen LogP contribution in [0.3, 0.4) is 0 Å². The SMILES string of the molecule is CNCc1cc(C(F)(F)F)cc(C(F)(F)F)c1.O=C(O)c1cnc(N2CCNCC2)nc1-c1ccc(F)cc1Cl. The number of carboxylic acid groups (broad SMARTS) is 1. The topological polar surface area (TPSA) is 90.4 Å². The van der Waals surface area contributed by atoms with E-state index < -0.39 is 35.3 Å². The highest BCUT2D eigenvalue weighted by Gasteiger charge is 2.36. The summed E-state index contributed by atoms with van der Waals surface area (Å²) in [5.74, 6) is -1.22. The fourth-order valence-electron chi connectivity index (χ4n) is 3.76. The first-order valence-corrected chi connectivity index (χ1v) is 12.0. The van der Waals surface area contributed by atoms with Crippen molar-refractivity contribution in [2.24, 2.45) is 0 Å². The summed E-state index contributed by atoms with van der Waals surface area (Å²) in [5.41, 5.74) is -2.17. The van der Waals surface area contributed by atoms with Gasteiger partial charge in [-0.25, -0.2) is 19.2 Å². The van der Waals surface area contributed by atoms with Crippen LogP contribution in [0.25, 0.3) is 11.3 Å². The first-order valence-electron chi connectivity index (χ1n) is 11.6. The van der Waals surface area contributed by atoms with Crippen LogP contribution in [0.15, 0.2) is 42.6 Å². The van der Waals surface area contributed by atoms with E-state index in [1.807, 2.05) is 4.90 Å². The molecule has 3 aromatic rings. The number of halogens is 8. The van der Waals surface area contributed by atoms with Crippen molar-refractivity contribution in [2.75, 3.05) is 38.1 Å². The number of carboxylic acids is 1. The van der Waals surface area contributed by atoms with Gasteiger partial charge in [-0.05, 0) is 49.0 Å². The van der Waals surface area contributed by atoms with Crippen LogP contribution >= 0.6 is 11.6 Å². The van der Waals surface area contributed by atoms with Crippen LogP contribution in [0.1, 0.15) is 27.0 Å². The molecule has 2 aromatic carbocycles. The Kier molecular flexibility index (Phi) is 9.92. The number of hydrogen-bond acceptors (Lipinski definition) is 6. The quantitative estimate of drug-likeness (QED) is 0.337. The Balaban J connectivity index is 0.000000232. The predicted molar refractivity (Wildman–Crippen MR) is 134 cm³/mol. The second kappa shape index (κ2) is 12.8. The normalized spacial score (nSPS) is 14.0. The number of anilines is 1. The summed E-state index contributed by atoms with van der Waals surface area (Å²) in [6, 6.07) is 5.29. The number of benzene rings is 2. The maximum Gasteiger partial charge on any atom is 0.416 e. The number of hydrogen-bond donors (Lipinski definition) is 3. The highest BCUT2D eigenvalue weighted by molar-refractivity contribution is 6.33. The van der Waals surface area contributed by atoms with Gasteiger partial charge in [0.2, 0.25) is 5.95 Å². The van der Waals surface area contributed by atoms with Gasteiger partial charge in [0, 0.05) is 44.5 Å². The largest absolute Gasteiger partial charge is 0.478 e. The first-order chi connectivity index (χ1) is 18.7. The van der Waals surface area contributed by atoms with Gasteiger partial charge in [0.25, 0.3) is 0 Å². The van der Waals surface area contributed by atoms with E-state index in [4.69, 9.17) is 11.6 Å². The molecule has 0 atom stereocenters. The highest BCUT2D eigenvalue weighted by atomic mass is 35.5. The lowest BCUT2D eigenvalue weighted by atomic mass is 10.0. The average Bonchev–Trinajstić information content (AvgIpc) is 2.88. The first kappa shape index (κ1) is 31.0. The number of aromatic carboxylic acids is 1. The van der Waals surface area contributed by atoms with Crippen molar-refractivity contribution in [3.63, 3.8) is 0 Å². The third-order valence-electron chi connectivity index (χ3n) is 5.62. The van der Waals surface area contributed by atoms with Crippen LogP contribution in [-0.2, 0) is 18.9 Å². The van der Waals surface area contributed by atoms with Crippen LogP contribution in [0.2, 0.25) is 5.02 Å². The third kappa shape index (κ3) is 8.02. The van der Waals surface area contributed by atoms with Gasteiger partial charge in [-0.15, -0.1) is 0 Å². The van der Waals surface area contributed by atoms with E-state index in [0.29, 0.717) is 23.6 Å². The molecule has 1 aromatic heterocycles. The van der Waals surface area contributed by atoms with E-state index in [1.54, 1.807) is 0 Å². The molecular weight excluding hydrogens is 571 g/mol. The molecule has 0 amide bonds. The lowest BCUT2D eigenvalue weighted by molar-refractivity contribution is -0.143. The molecule has 1 fully saturated rings. The van der Waals surface area contributed by atoms with E-state index in [0.717, 1.165) is 32.2 Å². The zero-order valence-electron chi connectivity index (χ0n) is 20.8. The molecular formula is C25H23ClF7N5O2. The monoisotopic (exact) mass is 593 g/mol. The van der Waals surface area contributed by atoms with Crippen LogP contribution in [0, 0.1) is 5.82 Å². The minimum absolute atomic E-state index is 0.0605. The van der Waals surface area contributed by atoms with Crippen molar-refractivity contribution in [1.82, 2.24) is 20.6 Å². The Hall–Kier alpha value is -3.49. The molecule has 1 aliphatic rings. The summed E-state index contributed by atoms with van der Waals surface area (Å²) in [4.78, 5) is 21.9. The number of rotatable bonds is 5. The van der Waals surface area contributed by atoms with Crippen molar-refractivity contribution in [1.29, 1.82) is 0 Å². The Morgan fingerprint density at radius 1 is 1.05 bits per heavy atom. The number of nitrogens with zero attached hydrogens (tertiary/aromatic N) is 3. The molecule has 1 aliphatic heterocycles. The lowest BCUT2D eigenvalue weighted by Crippen LogP contribution is -2.44. The molecule has 0 radical (unpaired) electrons. The second-order valence-corrected chi connectivity index (χ2v) is 8.95. The Labute approximate surface area is 229 Å². The fourth-order valence-corrected chi connectivity index (χ4v) is 4.02. The molecule has 0 spiro atoms. The van der Waals surface area contributed by atoms with Crippen molar-refractivity contribution in [3.05, 3.63) is 75.7 Å². The number of piperazine rings is 1. The fraction of sp³-hybridized carbons (Fsp3) is 0.320. The Bertz CT molecular complexity index is 1310. The maximum absolute atomic E-state index is 13.2. The second-order valence-electron chi connectivity index (χ2n) is 8.54. The van der Waals surface area contributed by atoms with Crippen molar-refractivity contribution >= 4 is 23.5 Å². The van der Waals surface area contributed by atoms with Gasteiger partial charge in [0.05, 0.1) is 21.8 Å². The highest BCUT2D eigenvalue weighted by Crippen LogP contribution is 2.36. The van der Waals surface area contributed by atoms with Gasteiger partial charge >= 0.3 is 18.3 Å². The van der Waals surface area contributed by atoms with Crippen LogP contribution in [0.4, 0.5) is 36.7 Å². The molecule has 15 heteroatoms. The third-order valence-corrected chi connectivity index (χ3v) is 5.93. The van der Waals surface area contributed by atoms with Gasteiger partial charge in [-0.3, -0.25) is 0 Å². The van der Waals surface area contributed by atoms with E-state index in [2.05, 4.69) is 20.6 Å². The average molecular weight is 594 g/mol. The molecule has 216 valence electrons. The molecule has 7 nitrogen and oxygen atoms in total.